The van der Waals surface area contributed by atoms with Crippen molar-refractivity contribution in [2.45, 2.75) is 19.4 Å². The van der Waals surface area contributed by atoms with Gasteiger partial charge in [0.1, 0.15) is 0 Å². The molecule has 1 unspecified atom stereocenters. The number of fused-ring (bicyclic) bond motifs is 1. The molecule has 0 saturated heterocycles. The number of amidine groups is 1. The average Bonchev–Trinajstić information content (AvgIpc) is 2.98. The van der Waals surface area contributed by atoms with Crippen LogP contribution in [0.5, 0.6) is 0 Å². The van der Waals surface area contributed by atoms with Gasteiger partial charge in [-0.3, -0.25) is 9.73 Å². The quantitative estimate of drug-likeness (QED) is 0.859. The normalized spacial score (nSPS) is 21.0. The summed E-state index contributed by atoms with van der Waals surface area (Å²) in [5.74, 6) is 0.711. The largest absolute Gasteiger partial charge is 0.267 e. The van der Waals surface area contributed by atoms with Gasteiger partial charge in [-0.05, 0) is 48.7 Å². The molecule has 0 amide bonds. The zero-order valence-electron chi connectivity index (χ0n) is 15.1. The van der Waals surface area contributed by atoms with Gasteiger partial charge in [0, 0.05) is 11.8 Å². The average molecular weight is 401 g/mol. The van der Waals surface area contributed by atoms with Crippen LogP contribution in [0.4, 0.5) is 11.4 Å². The molecule has 2 heterocycles. The fraction of sp³-hybridized carbons (Fsp3) is 0.263. The van der Waals surface area contributed by atoms with E-state index < -0.39 is 10.0 Å². The first-order chi connectivity index (χ1) is 12.9. The lowest BCUT2D eigenvalue weighted by atomic mass is 10.0. The summed E-state index contributed by atoms with van der Waals surface area (Å²) < 4.78 is 25.6. The molecule has 0 aromatic heterocycles. The molecule has 0 saturated carbocycles. The number of sulfonamides is 1. The summed E-state index contributed by atoms with van der Waals surface area (Å²) in [6, 6.07) is 15.6. The highest BCUT2D eigenvalue weighted by molar-refractivity contribution is 8.14. The van der Waals surface area contributed by atoms with Crippen molar-refractivity contribution in [3.8, 4) is 0 Å². The van der Waals surface area contributed by atoms with Gasteiger partial charge in [0.05, 0.1) is 23.3 Å². The molecule has 2 aliphatic heterocycles. The highest BCUT2D eigenvalue weighted by atomic mass is 32.2. The topological polar surface area (TPSA) is 74.1 Å². The van der Waals surface area contributed by atoms with E-state index in [1.165, 1.54) is 10.6 Å². The van der Waals surface area contributed by atoms with E-state index in [9.17, 15) is 8.42 Å². The SMILES string of the molecule is CC1Cc2cc(C3=NNC(=Nc4ccccc4)SC3)ccc2N1S(C)(=O)=O. The number of rotatable bonds is 3. The molecule has 6 nitrogen and oxygen atoms in total. The van der Waals surface area contributed by atoms with Gasteiger partial charge in [-0.25, -0.2) is 13.4 Å². The predicted molar refractivity (Wildman–Crippen MR) is 113 cm³/mol. The van der Waals surface area contributed by atoms with E-state index in [0.717, 1.165) is 33.4 Å². The Labute approximate surface area is 163 Å². The minimum atomic E-state index is -3.27. The summed E-state index contributed by atoms with van der Waals surface area (Å²) in [5, 5.41) is 5.24. The molecule has 1 atom stereocenters. The third kappa shape index (κ3) is 3.72. The maximum atomic E-state index is 12.1. The fourth-order valence-corrected chi connectivity index (χ4v) is 5.48. The number of hydrazone groups is 1. The second-order valence-electron chi connectivity index (χ2n) is 6.67. The van der Waals surface area contributed by atoms with Crippen molar-refractivity contribution >= 4 is 44.0 Å². The highest BCUT2D eigenvalue weighted by Crippen LogP contribution is 2.35. The van der Waals surface area contributed by atoms with Crippen molar-refractivity contribution in [1.82, 2.24) is 5.43 Å². The molecule has 0 spiro atoms. The molecule has 8 heteroatoms. The maximum absolute atomic E-state index is 12.1. The van der Waals surface area contributed by atoms with Crippen LogP contribution in [0.2, 0.25) is 0 Å². The Morgan fingerprint density at radius 3 is 2.67 bits per heavy atom. The first-order valence-electron chi connectivity index (χ1n) is 8.63. The monoisotopic (exact) mass is 400 g/mol. The summed E-state index contributed by atoms with van der Waals surface area (Å²) in [4.78, 5) is 4.54. The zero-order chi connectivity index (χ0) is 19.0. The Morgan fingerprint density at radius 1 is 1.22 bits per heavy atom. The number of benzene rings is 2. The van der Waals surface area contributed by atoms with Crippen LogP contribution in [0.25, 0.3) is 0 Å². The molecule has 140 valence electrons. The van der Waals surface area contributed by atoms with E-state index in [1.54, 1.807) is 11.8 Å². The Bertz CT molecular complexity index is 1030. The molecular weight excluding hydrogens is 380 g/mol. The minimum absolute atomic E-state index is 0.0596. The van der Waals surface area contributed by atoms with Crippen molar-refractivity contribution < 1.29 is 8.42 Å². The molecular formula is C19H20N4O2S2. The minimum Gasteiger partial charge on any atom is -0.267 e. The van der Waals surface area contributed by atoms with Crippen LogP contribution < -0.4 is 9.73 Å². The van der Waals surface area contributed by atoms with Crippen molar-refractivity contribution in [1.29, 1.82) is 0 Å². The third-order valence-corrected chi connectivity index (χ3v) is 6.69. The molecule has 2 aromatic carbocycles. The van der Waals surface area contributed by atoms with Crippen LogP contribution in [0.1, 0.15) is 18.1 Å². The lowest BCUT2D eigenvalue weighted by molar-refractivity contribution is 0.590. The summed E-state index contributed by atoms with van der Waals surface area (Å²) in [6.07, 6.45) is 1.97. The van der Waals surface area contributed by atoms with Gasteiger partial charge in [0.15, 0.2) is 5.17 Å². The number of para-hydroxylation sites is 1. The van der Waals surface area contributed by atoms with Crippen LogP contribution in [0, 0.1) is 0 Å². The van der Waals surface area contributed by atoms with E-state index >= 15 is 0 Å². The van der Waals surface area contributed by atoms with Gasteiger partial charge in [-0.15, -0.1) is 0 Å². The first kappa shape index (κ1) is 18.1. The van der Waals surface area contributed by atoms with Gasteiger partial charge >= 0.3 is 0 Å². The van der Waals surface area contributed by atoms with E-state index in [1.807, 2.05) is 49.4 Å². The van der Waals surface area contributed by atoms with Crippen LogP contribution >= 0.6 is 11.8 Å². The second kappa shape index (κ2) is 7.01. The predicted octanol–water partition coefficient (Wildman–Crippen LogP) is 3.13. The van der Waals surface area contributed by atoms with Crippen LogP contribution in [-0.4, -0.2) is 37.3 Å². The van der Waals surface area contributed by atoms with Crippen molar-refractivity contribution in [2.24, 2.45) is 10.1 Å². The highest BCUT2D eigenvalue weighted by Gasteiger charge is 2.32. The molecule has 2 aliphatic rings. The fourth-order valence-electron chi connectivity index (χ4n) is 3.43. The molecule has 4 rings (SSSR count). The lowest BCUT2D eigenvalue weighted by Crippen LogP contribution is -2.34. The molecule has 1 N–H and O–H groups in total. The number of anilines is 1. The van der Waals surface area contributed by atoms with Gasteiger partial charge in [-0.2, -0.15) is 5.10 Å². The smallest absolute Gasteiger partial charge is 0.232 e. The number of nitrogens with zero attached hydrogens (tertiary/aromatic N) is 3. The number of hydrogen-bond acceptors (Lipinski definition) is 5. The molecule has 0 radical (unpaired) electrons. The van der Waals surface area contributed by atoms with Crippen molar-refractivity contribution in [3.05, 3.63) is 59.7 Å². The van der Waals surface area contributed by atoms with Gasteiger partial charge < -0.3 is 0 Å². The molecule has 27 heavy (non-hydrogen) atoms. The number of thioether (sulfide) groups is 1. The first-order valence-corrected chi connectivity index (χ1v) is 11.5. The molecule has 0 aliphatic carbocycles. The zero-order valence-corrected chi connectivity index (χ0v) is 16.7. The standard InChI is InChI=1S/C19H20N4O2S2/c1-13-10-15-11-14(8-9-18(15)23(13)27(2,24)25)17-12-26-19(22-21-17)20-16-6-4-3-5-7-16/h3-9,11,13H,10,12H2,1-2H3,(H,20,22). The Hall–Kier alpha value is -2.32. The number of aliphatic imine (C=N–C) groups is 1. The van der Waals surface area contributed by atoms with Gasteiger partial charge in [0.25, 0.3) is 0 Å². The summed E-state index contributed by atoms with van der Waals surface area (Å²) in [7, 11) is -3.27. The van der Waals surface area contributed by atoms with Crippen molar-refractivity contribution in [3.63, 3.8) is 0 Å². The van der Waals surface area contributed by atoms with Crippen LogP contribution in [0.15, 0.2) is 58.6 Å². The van der Waals surface area contributed by atoms with Crippen molar-refractivity contribution in [2.75, 3.05) is 16.3 Å². The van der Waals surface area contributed by atoms with Gasteiger partial charge in [0.2, 0.25) is 10.0 Å². The molecule has 2 aromatic rings. The summed E-state index contributed by atoms with van der Waals surface area (Å²) in [5.41, 5.74) is 7.67. The summed E-state index contributed by atoms with van der Waals surface area (Å²) in [6.45, 7) is 1.93. The van der Waals surface area contributed by atoms with Crippen LogP contribution in [0.3, 0.4) is 0 Å². The Kier molecular flexibility index (Phi) is 4.69. The van der Waals surface area contributed by atoms with E-state index in [-0.39, 0.29) is 6.04 Å². The van der Waals surface area contributed by atoms with E-state index in [2.05, 4.69) is 21.6 Å². The van der Waals surface area contributed by atoms with E-state index in [0.29, 0.717) is 12.2 Å². The maximum Gasteiger partial charge on any atom is 0.232 e. The van der Waals surface area contributed by atoms with Crippen LogP contribution in [-0.2, 0) is 16.4 Å². The Balaban J connectivity index is 1.56. The van der Waals surface area contributed by atoms with E-state index in [4.69, 9.17) is 0 Å². The lowest BCUT2D eigenvalue weighted by Gasteiger charge is -2.22. The number of hydrogen-bond donors (Lipinski definition) is 1. The summed E-state index contributed by atoms with van der Waals surface area (Å²) >= 11 is 1.60. The molecule has 0 fully saturated rings. The Morgan fingerprint density at radius 2 is 2.00 bits per heavy atom. The third-order valence-electron chi connectivity index (χ3n) is 4.54. The molecule has 0 bridgehead atoms. The van der Waals surface area contributed by atoms with Gasteiger partial charge in [-0.1, -0.05) is 36.0 Å². The second-order valence-corrected chi connectivity index (χ2v) is 9.49. The number of nitrogens with one attached hydrogen (secondary N) is 1.